The van der Waals surface area contributed by atoms with Crippen molar-refractivity contribution in [1.82, 2.24) is 15.3 Å². The molecule has 0 saturated heterocycles. The Morgan fingerprint density at radius 3 is 3.07 bits per heavy atom. The maximum absolute atomic E-state index is 11.1. The smallest absolute Gasteiger partial charge is 0.407 e. The number of rotatable bonds is 5. The Balaban J connectivity index is 2.07. The highest BCUT2D eigenvalue weighted by atomic mass is 16.5. The van der Waals surface area contributed by atoms with Crippen molar-refractivity contribution in [3.63, 3.8) is 0 Å². The van der Waals surface area contributed by atoms with Crippen molar-refractivity contribution in [2.75, 3.05) is 13.2 Å². The van der Waals surface area contributed by atoms with E-state index in [0.29, 0.717) is 25.5 Å². The largest absolute Gasteiger partial charge is 0.449 e. The Bertz CT molecular complexity index is 283. The average Bonchev–Trinajstić information content (AvgIpc) is 2.67. The standard InChI is InChI=1S/C10H17N3O2/c1-8(2)7-15-10(14)13-4-3-9-11-5-6-12-9/h5-6,8H,3-4,7H2,1-2H3,(H,11,12)(H,13,14). The molecule has 0 saturated carbocycles. The molecule has 0 bridgehead atoms. The molecule has 1 heterocycles. The summed E-state index contributed by atoms with van der Waals surface area (Å²) in [6.07, 6.45) is 3.76. The molecule has 0 aliphatic heterocycles. The van der Waals surface area contributed by atoms with Gasteiger partial charge in [0.1, 0.15) is 5.82 Å². The van der Waals surface area contributed by atoms with Crippen LogP contribution in [0.15, 0.2) is 12.4 Å². The number of imidazole rings is 1. The second-order valence-corrected chi connectivity index (χ2v) is 3.70. The van der Waals surface area contributed by atoms with Gasteiger partial charge in [-0.1, -0.05) is 13.8 Å². The lowest BCUT2D eigenvalue weighted by Crippen LogP contribution is -2.27. The van der Waals surface area contributed by atoms with E-state index in [-0.39, 0.29) is 6.09 Å². The van der Waals surface area contributed by atoms with Crippen LogP contribution in [0.2, 0.25) is 0 Å². The number of hydrogen-bond acceptors (Lipinski definition) is 3. The molecular weight excluding hydrogens is 194 g/mol. The summed E-state index contributed by atoms with van der Waals surface area (Å²) in [7, 11) is 0. The third-order valence-corrected chi connectivity index (χ3v) is 1.73. The van der Waals surface area contributed by atoms with Crippen LogP contribution in [0.5, 0.6) is 0 Å². The van der Waals surface area contributed by atoms with Crippen LogP contribution in [0.4, 0.5) is 4.79 Å². The van der Waals surface area contributed by atoms with Gasteiger partial charge in [0.05, 0.1) is 6.61 Å². The molecule has 2 N–H and O–H groups in total. The summed E-state index contributed by atoms with van der Waals surface area (Å²) >= 11 is 0. The summed E-state index contributed by atoms with van der Waals surface area (Å²) < 4.78 is 4.94. The lowest BCUT2D eigenvalue weighted by Gasteiger charge is -2.07. The molecule has 0 spiro atoms. The summed E-state index contributed by atoms with van der Waals surface area (Å²) in [5.74, 6) is 1.22. The molecule has 84 valence electrons. The second kappa shape index (κ2) is 6.06. The molecule has 5 nitrogen and oxygen atoms in total. The van der Waals surface area contributed by atoms with Gasteiger partial charge in [0.2, 0.25) is 0 Å². The zero-order valence-electron chi connectivity index (χ0n) is 9.12. The number of aromatic nitrogens is 2. The third kappa shape index (κ3) is 5.05. The average molecular weight is 211 g/mol. The summed E-state index contributed by atoms with van der Waals surface area (Å²) in [6, 6.07) is 0. The SMILES string of the molecule is CC(C)COC(=O)NCCc1ncc[nH]1. The molecule has 0 aromatic carbocycles. The molecule has 0 aliphatic carbocycles. The third-order valence-electron chi connectivity index (χ3n) is 1.73. The summed E-state index contributed by atoms with van der Waals surface area (Å²) in [6.45, 7) is 4.98. The van der Waals surface area contributed by atoms with E-state index in [4.69, 9.17) is 4.74 Å². The van der Waals surface area contributed by atoms with Crippen molar-refractivity contribution >= 4 is 6.09 Å². The van der Waals surface area contributed by atoms with Gasteiger partial charge in [0.15, 0.2) is 0 Å². The second-order valence-electron chi connectivity index (χ2n) is 3.70. The van der Waals surface area contributed by atoms with E-state index in [9.17, 15) is 4.79 Å². The first-order valence-electron chi connectivity index (χ1n) is 5.07. The van der Waals surface area contributed by atoms with Gasteiger partial charge in [-0.2, -0.15) is 0 Å². The van der Waals surface area contributed by atoms with Gasteiger partial charge in [0.25, 0.3) is 0 Å². The molecule has 0 unspecified atom stereocenters. The minimum Gasteiger partial charge on any atom is -0.449 e. The number of hydrogen-bond donors (Lipinski definition) is 2. The zero-order valence-corrected chi connectivity index (χ0v) is 9.12. The van der Waals surface area contributed by atoms with Gasteiger partial charge in [-0.15, -0.1) is 0 Å². The summed E-state index contributed by atoms with van der Waals surface area (Å²) in [5, 5.41) is 2.66. The van der Waals surface area contributed by atoms with Gasteiger partial charge in [-0.05, 0) is 5.92 Å². The fourth-order valence-corrected chi connectivity index (χ4v) is 1.01. The van der Waals surface area contributed by atoms with Crippen LogP contribution in [0.25, 0.3) is 0 Å². The number of carbonyl (C=O) groups is 1. The van der Waals surface area contributed by atoms with Crippen LogP contribution < -0.4 is 5.32 Å². The normalized spacial score (nSPS) is 10.3. The fourth-order valence-electron chi connectivity index (χ4n) is 1.01. The van der Waals surface area contributed by atoms with Crippen LogP contribution in [-0.2, 0) is 11.2 Å². The van der Waals surface area contributed by atoms with E-state index < -0.39 is 0 Å². The minimum absolute atomic E-state index is 0.362. The lowest BCUT2D eigenvalue weighted by molar-refractivity contribution is 0.133. The first-order valence-corrected chi connectivity index (χ1v) is 5.07. The number of nitrogens with zero attached hydrogens (tertiary/aromatic N) is 1. The maximum Gasteiger partial charge on any atom is 0.407 e. The number of ether oxygens (including phenoxy) is 1. The van der Waals surface area contributed by atoms with E-state index in [1.165, 1.54) is 0 Å². The molecule has 0 fully saturated rings. The van der Waals surface area contributed by atoms with Gasteiger partial charge in [-0.25, -0.2) is 9.78 Å². The number of aromatic amines is 1. The topological polar surface area (TPSA) is 67.0 Å². The number of amides is 1. The van der Waals surface area contributed by atoms with Gasteiger partial charge in [0, 0.05) is 25.4 Å². The first kappa shape index (κ1) is 11.6. The number of alkyl carbamates (subject to hydrolysis) is 1. The predicted molar refractivity (Wildman–Crippen MR) is 56.5 cm³/mol. The maximum atomic E-state index is 11.1. The van der Waals surface area contributed by atoms with E-state index in [2.05, 4.69) is 15.3 Å². The van der Waals surface area contributed by atoms with Crippen molar-refractivity contribution in [1.29, 1.82) is 0 Å². The molecule has 1 amide bonds. The van der Waals surface area contributed by atoms with Gasteiger partial charge in [-0.3, -0.25) is 0 Å². The summed E-state index contributed by atoms with van der Waals surface area (Å²) in [4.78, 5) is 18.1. The molecule has 0 aliphatic rings. The van der Waals surface area contributed by atoms with Gasteiger partial charge >= 0.3 is 6.09 Å². The molecular formula is C10H17N3O2. The predicted octanol–water partition coefficient (Wildman–Crippen LogP) is 1.33. The van der Waals surface area contributed by atoms with E-state index >= 15 is 0 Å². The van der Waals surface area contributed by atoms with Crippen molar-refractivity contribution in [3.05, 3.63) is 18.2 Å². The fraction of sp³-hybridized carbons (Fsp3) is 0.600. The Kier molecular flexibility index (Phi) is 4.66. The van der Waals surface area contributed by atoms with Crippen LogP contribution in [0.1, 0.15) is 19.7 Å². The Morgan fingerprint density at radius 1 is 1.67 bits per heavy atom. The van der Waals surface area contributed by atoms with E-state index in [1.54, 1.807) is 12.4 Å². The monoisotopic (exact) mass is 211 g/mol. The van der Waals surface area contributed by atoms with Crippen LogP contribution in [0, 0.1) is 5.92 Å². The van der Waals surface area contributed by atoms with E-state index in [0.717, 1.165) is 5.82 Å². The van der Waals surface area contributed by atoms with Crippen molar-refractivity contribution in [2.24, 2.45) is 5.92 Å². The van der Waals surface area contributed by atoms with Crippen LogP contribution >= 0.6 is 0 Å². The lowest BCUT2D eigenvalue weighted by atomic mass is 10.2. The van der Waals surface area contributed by atoms with Crippen molar-refractivity contribution in [3.8, 4) is 0 Å². The first-order chi connectivity index (χ1) is 7.18. The molecule has 1 aromatic rings. The zero-order chi connectivity index (χ0) is 11.1. The highest BCUT2D eigenvalue weighted by molar-refractivity contribution is 5.67. The highest BCUT2D eigenvalue weighted by Gasteiger charge is 2.03. The summed E-state index contributed by atoms with van der Waals surface area (Å²) in [5.41, 5.74) is 0. The molecule has 15 heavy (non-hydrogen) atoms. The molecule has 0 radical (unpaired) electrons. The van der Waals surface area contributed by atoms with Crippen molar-refractivity contribution in [2.45, 2.75) is 20.3 Å². The quantitative estimate of drug-likeness (QED) is 0.772. The minimum atomic E-state index is -0.366. The Morgan fingerprint density at radius 2 is 2.47 bits per heavy atom. The van der Waals surface area contributed by atoms with Crippen molar-refractivity contribution < 1.29 is 9.53 Å². The highest BCUT2D eigenvalue weighted by Crippen LogP contribution is 1.93. The Hall–Kier alpha value is -1.52. The molecule has 0 atom stereocenters. The number of H-pyrrole nitrogens is 1. The van der Waals surface area contributed by atoms with Gasteiger partial charge < -0.3 is 15.0 Å². The molecule has 1 aromatic heterocycles. The number of nitrogens with one attached hydrogen (secondary N) is 2. The number of carbonyl (C=O) groups excluding carboxylic acids is 1. The van der Waals surface area contributed by atoms with E-state index in [1.807, 2.05) is 13.8 Å². The molecule has 1 rings (SSSR count). The van der Waals surface area contributed by atoms with Crippen LogP contribution in [0.3, 0.4) is 0 Å². The van der Waals surface area contributed by atoms with Crippen LogP contribution in [-0.4, -0.2) is 29.2 Å². The Labute approximate surface area is 89.2 Å². The molecule has 5 heteroatoms.